The molecule has 0 aliphatic heterocycles. The molecule has 0 amide bonds. The Morgan fingerprint density at radius 1 is 0.772 bits per heavy atom. The van der Waals surface area contributed by atoms with Gasteiger partial charge in [-0.25, -0.2) is 4.98 Å². The molecule has 0 bridgehead atoms. The number of thiophene rings is 1. The lowest BCUT2D eigenvalue weighted by molar-refractivity contribution is 0.766. The van der Waals surface area contributed by atoms with E-state index in [9.17, 15) is 0 Å². The molecule has 6 aromatic carbocycles. The van der Waals surface area contributed by atoms with Crippen molar-refractivity contribution < 1.29 is 0 Å². The first kappa shape index (κ1) is 34.7. The minimum atomic E-state index is -0.549. The number of anilines is 3. The number of allylic oxidation sites excluding steroid dienone is 6. The van der Waals surface area contributed by atoms with Crippen molar-refractivity contribution in [2.24, 2.45) is 0 Å². The van der Waals surface area contributed by atoms with Gasteiger partial charge in [-0.05, 0) is 125 Å². The Labute approximate surface area is 338 Å². The van der Waals surface area contributed by atoms with E-state index >= 15 is 0 Å². The van der Waals surface area contributed by atoms with Gasteiger partial charge in [-0.15, -0.1) is 11.3 Å². The zero-order chi connectivity index (χ0) is 38.3. The quantitative estimate of drug-likeness (QED) is 0.137. The van der Waals surface area contributed by atoms with Crippen LogP contribution in [-0.2, 0) is 11.8 Å². The highest BCUT2D eigenvalue weighted by atomic mass is 32.1. The highest BCUT2D eigenvalue weighted by molar-refractivity contribution is 7.11. The summed E-state index contributed by atoms with van der Waals surface area (Å²) in [6.45, 7) is 6.29. The third kappa shape index (κ3) is 5.59. The van der Waals surface area contributed by atoms with Gasteiger partial charge in [0.25, 0.3) is 0 Å². The largest absolute Gasteiger partial charge is 0.309 e. The number of imidazole rings is 1. The smallest absolute Gasteiger partial charge is 0.145 e. The van der Waals surface area contributed by atoms with Crippen LogP contribution in [0.3, 0.4) is 0 Å². The second-order valence-corrected chi connectivity index (χ2v) is 15.5. The third-order valence-corrected chi connectivity index (χ3v) is 12.5. The van der Waals surface area contributed by atoms with Crippen LogP contribution in [0.5, 0.6) is 0 Å². The van der Waals surface area contributed by atoms with Crippen LogP contribution >= 0.6 is 11.3 Å². The molecule has 4 heteroatoms. The summed E-state index contributed by atoms with van der Waals surface area (Å²) < 4.78 is 2.27. The van der Waals surface area contributed by atoms with Crippen LogP contribution in [0.4, 0.5) is 17.1 Å². The van der Waals surface area contributed by atoms with E-state index in [-0.39, 0.29) is 0 Å². The van der Waals surface area contributed by atoms with Crippen LogP contribution in [0.2, 0.25) is 0 Å². The Kier molecular flexibility index (Phi) is 8.77. The van der Waals surface area contributed by atoms with Crippen LogP contribution in [0.15, 0.2) is 200 Å². The van der Waals surface area contributed by atoms with Crippen molar-refractivity contribution in [3.05, 3.63) is 227 Å². The van der Waals surface area contributed by atoms with Gasteiger partial charge >= 0.3 is 0 Å². The number of hydrogen-bond acceptors (Lipinski definition) is 3. The van der Waals surface area contributed by atoms with Gasteiger partial charge in [0.2, 0.25) is 0 Å². The van der Waals surface area contributed by atoms with Crippen LogP contribution in [0.25, 0.3) is 45.3 Å². The molecule has 10 rings (SSSR count). The van der Waals surface area contributed by atoms with Crippen LogP contribution in [-0.4, -0.2) is 9.55 Å². The number of para-hydroxylation sites is 3. The second-order valence-electron chi connectivity index (χ2n) is 14.6. The van der Waals surface area contributed by atoms with Gasteiger partial charge in [0.15, 0.2) is 0 Å². The Bertz CT molecular complexity index is 2870. The van der Waals surface area contributed by atoms with Gasteiger partial charge in [-0.3, -0.25) is 4.57 Å². The molecule has 1 unspecified atom stereocenters. The molecule has 0 fully saturated rings. The van der Waals surface area contributed by atoms with Gasteiger partial charge in [0.1, 0.15) is 5.82 Å². The van der Waals surface area contributed by atoms with E-state index in [1.54, 1.807) is 0 Å². The van der Waals surface area contributed by atoms with Crippen molar-refractivity contribution >= 4 is 45.5 Å². The highest BCUT2D eigenvalue weighted by Gasteiger charge is 2.47. The van der Waals surface area contributed by atoms with E-state index in [2.05, 4.69) is 210 Å². The monoisotopic (exact) mass is 751 g/mol. The summed E-state index contributed by atoms with van der Waals surface area (Å²) in [7, 11) is 0. The van der Waals surface area contributed by atoms with Gasteiger partial charge < -0.3 is 4.90 Å². The number of hydrogen-bond donors (Lipinski definition) is 0. The maximum Gasteiger partial charge on any atom is 0.145 e. The van der Waals surface area contributed by atoms with E-state index in [1.165, 1.54) is 49.5 Å². The summed E-state index contributed by atoms with van der Waals surface area (Å²) in [5.74, 6) is 0.923. The van der Waals surface area contributed by atoms with E-state index < -0.39 is 5.41 Å². The Balaban J connectivity index is 1.18. The molecule has 0 saturated heterocycles. The number of fused-ring (bicyclic) bond motifs is 5. The molecule has 8 aromatic rings. The summed E-state index contributed by atoms with van der Waals surface area (Å²) in [5, 5.41) is 2.35. The van der Waals surface area contributed by atoms with E-state index in [1.807, 2.05) is 17.4 Å². The fraction of sp³-hybridized carbons (Fsp3) is 0.0755. The summed E-state index contributed by atoms with van der Waals surface area (Å²) in [4.78, 5) is 8.99. The first-order valence-corrected chi connectivity index (χ1v) is 20.5. The molecule has 1 atom stereocenters. The zero-order valence-electron chi connectivity index (χ0n) is 31.8. The fourth-order valence-electron chi connectivity index (χ4n) is 9.12. The Morgan fingerprint density at radius 2 is 1.49 bits per heavy atom. The molecule has 0 radical (unpaired) electrons. The van der Waals surface area contributed by atoms with E-state index in [4.69, 9.17) is 4.98 Å². The molecular weight excluding hydrogens is 711 g/mol. The second kappa shape index (κ2) is 14.4. The molecular formula is C53H41N3S. The van der Waals surface area contributed by atoms with Gasteiger partial charge in [-0.2, -0.15) is 0 Å². The first-order valence-electron chi connectivity index (χ1n) is 19.7. The van der Waals surface area contributed by atoms with Crippen LogP contribution < -0.4 is 4.90 Å². The molecule has 57 heavy (non-hydrogen) atoms. The van der Waals surface area contributed by atoms with E-state index in [0.29, 0.717) is 0 Å². The number of aromatic nitrogens is 2. The third-order valence-electron chi connectivity index (χ3n) is 11.5. The summed E-state index contributed by atoms with van der Waals surface area (Å²) in [6.07, 6.45) is 15.2. The Hall–Kier alpha value is -6.75. The van der Waals surface area contributed by atoms with Gasteiger partial charge in [-0.1, -0.05) is 128 Å². The maximum atomic E-state index is 5.18. The molecule has 3 nitrogen and oxygen atoms in total. The lowest BCUT2D eigenvalue weighted by Gasteiger charge is -2.35. The standard InChI is InChI=1S/C53H41N3S/c1-3-17-38(18-4-2)53(39-19-7-5-8-20-39)46-25-13-11-23-43(46)44-34-33-42(35-47(44)53)55(50-36-57-51-28-16-12-24-45(50)51)41-31-29-37(30-32-41)52-54-48-26-14-15-27-49(48)56(52)40-21-9-6-10-22-40/h3-11,13-23,25-36H,1,12,24H2,2H3/b18-4-,38-17+. The fourth-order valence-corrected chi connectivity index (χ4v) is 10.1. The molecule has 2 heterocycles. The van der Waals surface area contributed by atoms with Crippen molar-refractivity contribution in [1.29, 1.82) is 0 Å². The zero-order valence-corrected chi connectivity index (χ0v) is 32.7. The minimum Gasteiger partial charge on any atom is -0.309 e. The van der Waals surface area contributed by atoms with Gasteiger partial charge in [0.05, 0.1) is 22.1 Å². The van der Waals surface area contributed by atoms with Crippen LogP contribution in [0, 0.1) is 0 Å². The van der Waals surface area contributed by atoms with Crippen molar-refractivity contribution in [3.63, 3.8) is 0 Å². The molecule has 0 saturated carbocycles. The lowest BCUT2D eigenvalue weighted by atomic mass is 9.67. The summed E-state index contributed by atoms with van der Waals surface area (Å²) in [5.41, 5.74) is 16.0. The summed E-state index contributed by atoms with van der Waals surface area (Å²) in [6, 6.07) is 54.9. The van der Waals surface area contributed by atoms with Crippen molar-refractivity contribution in [3.8, 4) is 28.2 Å². The molecule has 0 spiro atoms. The van der Waals surface area contributed by atoms with Crippen molar-refractivity contribution in [2.75, 3.05) is 4.90 Å². The molecule has 274 valence electrons. The lowest BCUT2D eigenvalue weighted by Crippen LogP contribution is -2.29. The van der Waals surface area contributed by atoms with Crippen LogP contribution in [0.1, 0.15) is 40.5 Å². The molecule has 0 N–H and O–H groups in total. The minimum absolute atomic E-state index is 0.549. The van der Waals surface area contributed by atoms with Crippen molar-refractivity contribution in [1.82, 2.24) is 9.55 Å². The number of nitrogens with zero attached hydrogens (tertiary/aromatic N) is 3. The maximum absolute atomic E-state index is 5.18. The van der Waals surface area contributed by atoms with E-state index in [0.717, 1.165) is 52.3 Å². The SMILES string of the molecule is C=C/C=C(\C=C/C)C1(c2ccccc2)c2ccccc2-c2ccc(N(c3ccc(-c4nc5ccccc5n4-c4ccccc4)cc3)c3csc4c3CCC=C4)cc21. The highest BCUT2D eigenvalue weighted by Crippen LogP contribution is 2.58. The molecule has 2 aliphatic carbocycles. The molecule has 2 aliphatic rings. The van der Waals surface area contributed by atoms with Crippen molar-refractivity contribution in [2.45, 2.75) is 25.2 Å². The normalized spacial score (nSPS) is 15.8. The average Bonchev–Trinajstić information content (AvgIpc) is 3.96. The summed E-state index contributed by atoms with van der Waals surface area (Å²) >= 11 is 1.83. The number of rotatable bonds is 9. The topological polar surface area (TPSA) is 21.1 Å². The molecule has 2 aromatic heterocycles. The predicted molar refractivity (Wildman–Crippen MR) is 241 cm³/mol. The first-order chi connectivity index (χ1) is 28.2. The predicted octanol–water partition coefficient (Wildman–Crippen LogP) is 14.2. The number of benzene rings is 6. The average molecular weight is 752 g/mol. The van der Waals surface area contributed by atoms with Gasteiger partial charge in [0, 0.05) is 32.9 Å². The Morgan fingerprint density at radius 3 is 2.30 bits per heavy atom.